The molecule has 0 saturated heterocycles. The van der Waals surface area contributed by atoms with Crippen molar-refractivity contribution in [3.05, 3.63) is 83.9 Å². The number of benzene rings is 3. The Balaban J connectivity index is 1.86. The smallest absolute Gasteiger partial charge is 0.240 e. The van der Waals surface area contributed by atoms with Crippen molar-refractivity contribution in [3.63, 3.8) is 0 Å². The van der Waals surface area contributed by atoms with Crippen LogP contribution in [0.5, 0.6) is 5.75 Å². The summed E-state index contributed by atoms with van der Waals surface area (Å²) in [5.74, 6) is 0.701. The fourth-order valence-electron chi connectivity index (χ4n) is 3.22. The van der Waals surface area contributed by atoms with Crippen LogP contribution >= 0.6 is 0 Å². The fourth-order valence-corrected chi connectivity index (χ4v) is 5.96. The van der Waals surface area contributed by atoms with E-state index in [9.17, 15) is 16.8 Å². The van der Waals surface area contributed by atoms with Gasteiger partial charge in [0.1, 0.15) is 5.75 Å². The lowest BCUT2D eigenvalue weighted by Crippen LogP contribution is -2.27. The molecule has 0 aliphatic rings. The Morgan fingerprint density at radius 1 is 0.839 bits per heavy atom. The lowest BCUT2D eigenvalue weighted by atomic mass is 10.1. The van der Waals surface area contributed by atoms with Crippen LogP contribution in [0.2, 0.25) is 0 Å². The highest BCUT2D eigenvalue weighted by Crippen LogP contribution is 2.26. The summed E-state index contributed by atoms with van der Waals surface area (Å²) in [5.41, 5.74) is 1.49. The number of ether oxygens (including phenoxy) is 1. The van der Waals surface area contributed by atoms with E-state index in [0.717, 1.165) is 5.56 Å². The Labute approximate surface area is 183 Å². The van der Waals surface area contributed by atoms with E-state index in [4.69, 9.17) is 4.74 Å². The van der Waals surface area contributed by atoms with Crippen LogP contribution in [0.15, 0.2) is 87.5 Å². The van der Waals surface area contributed by atoms with Crippen LogP contribution < -0.4 is 9.46 Å². The first-order chi connectivity index (χ1) is 14.8. The third-order valence-electron chi connectivity index (χ3n) is 4.91. The van der Waals surface area contributed by atoms with E-state index >= 15 is 0 Å². The van der Waals surface area contributed by atoms with E-state index in [1.165, 1.54) is 24.3 Å². The van der Waals surface area contributed by atoms with Gasteiger partial charge in [0.15, 0.2) is 0 Å². The summed E-state index contributed by atoms with van der Waals surface area (Å²) in [4.78, 5) is 0.0512. The van der Waals surface area contributed by atoms with Crippen molar-refractivity contribution in [1.29, 1.82) is 0 Å². The van der Waals surface area contributed by atoms with Crippen molar-refractivity contribution in [2.24, 2.45) is 0 Å². The lowest BCUT2D eigenvalue weighted by molar-refractivity contribution is 0.414. The number of methoxy groups -OCH3 is 1. The first-order valence-corrected chi connectivity index (χ1v) is 12.8. The van der Waals surface area contributed by atoms with Gasteiger partial charge in [0.2, 0.25) is 19.9 Å². The number of hydrogen-bond acceptors (Lipinski definition) is 5. The maximum absolute atomic E-state index is 13.0. The topological polar surface area (TPSA) is 89.5 Å². The van der Waals surface area contributed by atoms with Gasteiger partial charge in [-0.25, -0.2) is 21.6 Å². The molecule has 0 bridgehead atoms. The Morgan fingerprint density at radius 3 is 2.26 bits per heavy atom. The number of hydrogen-bond donors (Lipinski definition) is 1. The minimum absolute atomic E-state index is 0.0161. The second-order valence-electron chi connectivity index (χ2n) is 6.94. The standard InChI is InChI=1S/C23H25NO5S2/c1-3-19-12-13-22(30(25,26)21-10-5-4-6-11-21)17-23(19)31(27,28)24-15-14-18-8-7-9-20(16-18)29-2/h4-13,16-17,24H,3,14-15H2,1-2H3. The fraction of sp³-hybridized carbons (Fsp3) is 0.217. The normalized spacial score (nSPS) is 11.9. The molecule has 0 spiro atoms. The molecule has 3 rings (SSSR count). The van der Waals surface area contributed by atoms with Crippen LogP contribution in [0, 0.1) is 0 Å². The molecule has 6 nitrogen and oxygen atoms in total. The molecule has 3 aromatic rings. The number of aryl methyl sites for hydroxylation is 1. The molecule has 0 radical (unpaired) electrons. The van der Waals surface area contributed by atoms with Crippen LogP contribution in [-0.4, -0.2) is 30.5 Å². The molecule has 8 heteroatoms. The van der Waals surface area contributed by atoms with Gasteiger partial charge in [0, 0.05) is 6.54 Å². The van der Waals surface area contributed by atoms with Crippen LogP contribution in [0.4, 0.5) is 0 Å². The molecule has 3 aromatic carbocycles. The molecular formula is C23H25NO5S2. The van der Waals surface area contributed by atoms with E-state index in [1.807, 2.05) is 31.2 Å². The van der Waals surface area contributed by atoms with Gasteiger partial charge in [-0.2, -0.15) is 0 Å². The number of nitrogens with one attached hydrogen (secondary N) is 1. The summed E-state index contributed by atoms with van der Waals surface area (Å²) in [5, 5.41) is 0. The van der Waals surface area contributed by atoms with Crippen LogP contribution in [0.3, 0.4) is 0 Å². The largest absolute Gasteiger partial charge is 0.497 e. The predicted octanol–water partition coefficient (Wildman–Crippen LogP) is 3.61. The number of sulfone groups is 1. The Hall–Kier alpha value is -2.68. The molecule has 0 heterocycles. The zero-order chi connectivity index (χ0) is 22.5. The predicted molar refractivity (Wildman–Crippen MR) is 120 cm³/mol. The minimum atomic E-state index is -3.90. The second kappa shape index (κ2) is 9.64. The van der Waals surface area contributed by atoms with Crippen LogP contribution in [0.1, 0.15) is 18.1 Å². The monoisotopic (exact) mass is 459 g/mol. The highest BCUT2D eigenvalue weighted by Gasteiger charge is 2.23. The third-order valence-corrected chi connectivity index (χ3v) is 8.22. The quantitative estimate of drug-likeness (QED) is 0.528. The van der Waals surface area contributed by atoms with Crippen molar-refractivity contribution >= 4 is 19.9 Å². The molecule has 0 amide bonds. The van der Waals surface area contributed by atoms with E-state index in [2.05, 4.69) is 4.72 Å². The summed E-state index contributed by atoms with van der Waals surface area (Å²) in [6.45, 7) is 2.00. The Kier molecular flexibility index (Phi) is 7.15. The zero-order valence-corrected chi connectivity index (χ0v) is 19.0. The van der Waals surface area contributed by atoms with Gasteiger partial charge in [0.05, 0.1) is 21.8 Å². The molecule has 164 valence electrons. The second-order valence-corrected chi connectivity index (χ2v) is 10.6. The van der Waals surface area contributed by atoms with E-state index in [1.54, 1.807) is 31.4 Å². The highest BCUT2D eigenvalue weighted by molar-refractivity contribution is 7.91. The van der Waals surface area contributed by atoms with Gasteiger partial charge in [-0.15, -0.1) is 0 Å². The highest BCUT2D eigenvalue weighted by atomic mass is 32.2. The molecule has 0 aromatic heterocycles. The Bertz CT molecular complexity index is 1250. The number of rotatable bonds is 9. The summed E-state index contributed by atoms with van der Waals surface area (Å²) in [7, 11) is -6.15. The average Bonchev–Trinajstić information content (AvgIpc) is 2.79. The third kappa shape index (κ3) is 5.33. The summed E-state index contributed by atoms with van der Waals surface area (Å²) < 4.78 is 59.7. The van der Waals surface area contributed by atoms with Crippen LogP contribution in [-0.2, 0) is 32.7 Å². The molecule has 1 N–H and O–H groups in total. The summed E-state index contributed by atoms with van der Waals surface area (Å²) >= 11 is 0. The maximum atomic E-state index is 13.0. The van der Waals surface area contributed by atoms with E-state index in [-0.39, 0.29) is 21.2 Å². The molecule has 0 fully saturated rings. The van der Waals surface area contributed by atoms with E-state index < -0.39 is 19.9 Å². The van der Waals surface area contributed by atoms with Crippen molar-refractivity contribution in [2.45, 2.75) is 34.5 Å². The van der Waals surface area contributed by atoms with E-state index in [0.29, 0.717) is 24.2 Å². The van der Waals surface area contributed by atoms with Crippen molar-refractivity contribution in [3.8, 4) is 5.75 Å². The number of sulfonamides is 1. The molecule has 0 aliphatic heterocycles. The summed E-state index contributed by atoms with van der Waals surface area (Å²) in [6.07, 6.45) is 0.928. The first-order valence-electron chi connectivity index (χ1n) is 9.83. The van der Waals surface area contributed by atoms with Gasteiger partial charge >= 0.3 is 0 Å². The molecule has 0 atom stereocenters. The molecule has 0 aliphatic carbocycles. The van der Waals surface area contributed by atoms with Crippen molar-refractivity contribution in [1.82, 2.24) is 4.72 Å². The first kappa shape index (κ1) is 23.0. The maximum Gasteiger partial charge on any atom is 0.240 e. The van der Waals surface area contributed by atoms with Gasteiger partial charge in [0.25, 0.3) is 0 Å². The lowest BCUT2D eigenvalue weighted by Gasteiger charge is -2.13. The van der Waals surface area contributed by atoms with Gasteiger partial charge in [-0.1, -0.05) is 43.3 Å². The minimum Gasteiger partial charge on any atom is -0.497 e. The average molecular weight is 460 g/mol. The molecule has 0 unspecified atom stereocenters. The van der Waals surface area contributed by atoms with Gasteiger partial charge in [-0.3, -0.25) is 0 Å². The molecule has 0 saturated carbocycles. The molecule has 31 heavy (non-hydrogen) atoms. The Morgan fingerprint density at radius 2 is 1.58 bits per heavy atom. The zero-order valence-electron chi connectivity index (χ0n) is 17.4. The van der Waals surface area contributed by atoms with Crippen molar-refractivity contribution in [2.75, 3.05) is 13.7 Å². The van der Waals surface area contributed by atoms with Crippen LogP contribution in [0.25, 0.3) is 0 Å². The SMILES string of the molecule is CCc1ccc(S(=O)(=O)c2ccccc2)cc1S(=O)(=O)NCCc1cccc(OC)c1. The molecular weight excluding hydrogens is 434 g/mol. The van der Waals surface area contributed by atoms with Crippen molar-refractivity contribution < 1.29 is 21.6 Å². The van der Waals surface area contributed by atoms with Gasteiger partial charge in [-0.05, 0) is 60.4 Å². The van der Waals surface area contributed by atoms with Gasteiger partial charge < -0.3 is 4.74 Å². The summed E-state index contributed by atoms with van der Waals surface area (Å²) in [6, 6.07) is 19.6.